The molecule has 0 spiro atoms. The molecule has 0 amide bonds. The molecule has 18 heavy (non-hydrogen) atoms. The molecule has 1 unspecified atom stereocenters. The molecule has 0 aromatic heterocycles. The van der Waals surface area contributed by atoms with Crippen LogP contribution in [-0.4, -0.2) is 30.4 Å². The lowest BCUT2D eigenvalue weighted by Crippen LogP contribution is -2.11. The van der Waals surface area contributed by atoms with Gasteiger partial charge in [0, 0.05) is 24.8 Å². The van der Waals surface area contributed by atoms with Gasteiger partial charge in [0.15, 0.2) is 0 Å². The number of hydrogen-bond donors (Lipinski definition) is 2. The van der Waals surface area contributed by atoms with Crippen molar-refractivity contribution in [1.82, 2.24) is 0 Å². The van der Waals surface area contributed by atoms with E-state index < -0.39 is 5.97 Å². The second-order valence-electron chi connectivity index (χ2n) is 4.33. The molecule has 1 heterocycles. The van der Waals surface area contributed by atoms with Crippen LogP contribution in [0.5, 0.6) is 5.75 Å². The molecule has 2 rings (SSSR count). The van der Waals surface area contributed by atoms with Gasteiger partial charge in [0.05, 0.1) is 18.3 Å². The number of ether oxygens (including phenoxy) is 2. The molecule has 98 valence electrons. The van der Waals surface area contributed by atoms with E-state index in [1.807, 2.05) is 0 Å². The first-order chi connectivity index (χ1) is 8.66. The number of carboxylic acids is 1. The highest BCUT2D eigenvalue weighted by atomic mass is 16.5. The van der Waals surface area contributed by atoms with E-state index in [0.29, 0.717) is 18.5 Å². The van der Waals surface area contributed by atoms with Gasteiger partial charge in [-0.3, -0.25) is 0 Å². The lowest BCUT2D eigenvalue weighted by Gasteiger charge is -2.11. The Morgan fingerprint density at radius 3 is 3.00 bits per heavy atom. The third-order valence-electron chi connectivity index (χ3n) is 2.99. The van der Waals surface area contributed by atoms with Crippen molar-refractivity contribution in [2.24, 2.45) is 0 Å². The average Bonchev–Trinajstić information content (AvgIpc) is 2.81. The Labute approximate surface area is 106 Å². The molecule has 1 saturated heterocycles. The fraction of sp³-hybridized carbons (Fsp3) is 0.462. The molecule has 0 saturated carbocycles. The fourth-order valence-electron chi connectivity index (χ4n) is 2.01. The van der Waals surface area contributed by atoms with Crippen LogP contribution in [0.2, 0.25) is 0 Å². The molecule has 3 N–H and O–H groups in total. The Balaban J connectivity index is 1.85. The van der Waals surface area contributed by atoms with Crippen molar-refractivity contribution in [1.29, 1.82) is 0 Å². The Bertz CT molecular complexity index is 427. The number of anilines is 1. The standard InChI is InChI=1S/C13H17NO4/c14-12-8-10(3-4-11(12)13(15)16)18-7-5-9-2-1-6-17-9/h3-4,8-9H,1-2,5-7,14H2,(H,15,16). The van der Waals surface area contributed by atoms with E-state index in [4.69, 9.17) is 20.3 Å². The van der Waals surface area contributed by atoms with E-state index in [9.17, 15) is 4.79 Å². The number of carboxylic acid groups (broad SMARTS) is 1. The molecular formula is C13H17NO4. The third-order valence-corrected chi connectivity index (χ3v) is 2.99. The summed E-state index contributed by atoms with van der Waals surface area (Å²) >= 11 is 0. The van der Waals surface area contributed by atoms with Crippen molar-refractivity contribution >= 4 is 11.7 Å². The Morgan fingerprint density at radius 1 is 1.56 bits per heavy atom. The summed E-state index contributed by atoms with van der Waals surface area (Å²) in [5.41, 5.74) is 5.95. The fourth-order valence-corrected chi connectivity index (χ4v) is 2.01. The molecule has 5 nitrogen and oxygen atoms in total. The third kappa shape index (κ3) is 3.13. The van der Waals surface area contributed by atoms with Crippen LogP contribution in [0.1, 0.15) is 29.6 Å². The average molecular weight is 251 g/mol. The van der Waals surface area contributed by atoms with E-state index in [-0.39, 0.29) is 11.3 Å². The van der Waals surface area contributed by atoms with Crippen LogP contribution in [0.15, 0.2) is 18.2 Å². The maximum atomic E-state index is 10.8. The van der Waals surface area contributed by atoms with Crippen molar-refractivity contribution < 1.29 is 19.4 Å². The van der Waals surface area contributed by atoms with E-state index in [2.05, 4.69) is 0 Å². The summed E-state index contributed by atoms with van der Waals surface area (Å²) in [6.45, 7) is 1.39. The van der Waals surface area contributed by atoms with Crippen molar-refractivity contribution in [3.05, 3.63) is 23.8 Å². The zero-order valence-electron chi connectivity index (χ0n) is 10.1. The van der Waals surface area contributed by atoms with Gasteiger partial charge < -0.3 is 20.3 Å². The summed E-state index contributed by atoms with van der Waals surface area (Å²) in [6.07, 6.45) is 3.34. The van der Waals surface area contributed by atoms with Crippen molar-refractivity contribution in [2.75, 3.05) is 18.9 Å². The smallest absolute Gasteiger partial charge is 0.337 e. The number of nitrogens with two attached hydrogens (primary N) is 1. The number of benzene rings is 1. The van der Waals surface area contributed by atoms with Crippen LogP contribution in [0.3, 0.4) is 0 Å². The minimum absolute atomic E-state index is 0.0986. The van der Waals surface area contributed by atoms with Gasteiger partial charge in [0.25, 0.3) is 0 Å². The maximum absolute atomic E-state index is 10.8. The van der Waals surface area contributed by atoms with Crippen molar-refractivity contribution in [2.45, 2.75) is 25.4 Å². The number of nitrogen functional groups attached to an aromatic ring is 1. The number of hydrogen-bond acceptors (Lipinski definition) is 4. The summed E-state index contributed by atoms with van der Waals surface area (Å²) in [5.74, 6) is -0.436. The maximum Gasteiger partial charge on any atom is 0.337 e. The van der Waals surface area contributed by atoms with Gasteiger partial charge in [-0.1, -0.05) is 0 Å². The molecular weight excluding hydrogens is 234 g/mol. The Kier molecular flexibility index (Phi) is 4.04. The zero-order chi connectivity index (χ0) is 13.0. The molecule has 1 aromatic carbocycles. The van der Waals surface area contributed by atoms with Crippen LogP contribution in [0.4, 0.5) is 5.69 Å². The minimum atomic E-state index is -1.03. The highest BCUT2D eigenvalue weighted by Gasteiger charge is 2.15. The molecule has 0 aliphatic carbocycles. The van der Waals surface area contributed by atoms with Crippen LogP contribution < -0.4 is 10.5 Å². The Morgan fingerprint density at radius 2 is 2.39 bits per heavy atom. The molecule has 1 aliphatic heterocycles. The van der Waals surface area contributed by atoms with Crippen LogP contribution in [0.25, 0.3) is 0 Å². The van der Waals surface area contributed by atoms with Crippen molar-refractivity contribution in [3.8, 4) is 5.75 Å². The summed E-state index contributed by atoms with van der Waals surface area (Å²) in [5, 5.41) is 8.84. The van der Waals surface area contributed by atoms with Gasteiger partial charge in [-0.05, 0) is 25.0 Å². The first-order valence-corrected chi connectivity index (χ1v) is 6.04. The monoisotopic (exact) mass is 251 g/mol. The Hall–Kier alpha value is -1.75. The first kappa shape index (κ1) is 12.7. The van der Waals surface area contributed by atoms with Gasteiger partial charge in [-0.15, -0.1) is 0 Å². The molecule has 1 fully saturated rings. The summed E-state index contributed by atoms with van der Waals surface area (Å²) in [7, 11) is 0. The predicted octanol–water partition coefficient (Wildman–Crippen LogP) is 1.91. The van der Waals surface area contributed by atoms with Gasteiger partial charge in [0.1, 0.15) is 5.75 Å². The van der Waals surface area contributed by atoms with E-state index >= 15 is 0 Å². The number of carbonyl (C=O) groups is 1. The molecule has 0 radical (unpaired) electrons. The molecule has 1 aliphatic rings. The molecule has 1 atom stereocenters. The molecule has 5 heteroatoms. The summed E-state index contributed by atoms with van der Waals surface area (Å²) in [6, 6.07) is 4.62. The largest absolute Gasteiger partial charge is 0.493 e. The van der Waals surface area contributed by atoms with E-state index in [1.165, 1.54) is 6.07 Å². The first-order valence-electron chi connectivity index (χ1n) is 6.04. The highest BCUT2D eigenvalue weighted by Crippen LogP contribution is 2.21. The number of rotatable bonds is 5. The van der Waals surface area contributed by atoms with Gasteiger partial charge >= 0.3 is 5.97 Å². The van der Waals surface area contributed by atoms with E-state index in [1.54, 1.807) is 12.1 Å². The van der Waals surface area contributed by atoms with Gasteiger partial charge in [-0.25, -0.2) is 4.79 Å². The molecule has 1 aromatic rings. The van der Waals surface area contributed by atoms with Gasteiger partial charge in [0.2, 0.25) is 0 Å². The normalized spacial score (nSPS) is 18.8. The quantitative estimate of drug-likeness (QED) is 0.781. The van der Waals surface area contributed by atoms with E-state index in [0.717, 1.165) is 25.9 Å². The van der Waals surface area contributed by atoms with Crippen molar-refractivity contribution in [3.63, 3.8) is 0 Å². The highest BCUT2D eigenvalue weighted by molar-refractivity contribution is 5.93. The second-order valence-corrected chi connectivity index (χ2v) is 4.33. The number of aromatic carboxylic acids is 1. The zero-order valence-corrected chi connectivity index (χ0v) is 10.1. The lowest BCUT2D eigenvalue weighted by molar-refractivity contribution is 0.0698. The van der Waals surface area contributed by atoms with Crippen LogP contribution in [0, 0.1) is 0 Å². The summed E-state index contributed by atoms with van der Waals surface area (Å²) in [4.78, 5) is 10.8. The van der Waals surface area contributed by atoms with Gasteiger partial charge in [-0.2, -0.15) is 0 Å². The topological polar surface area (TPSA) is 81.8 Å². The van der Waals surface area contributed by atoms with Crippen LogP contribution >= 0.6 is 0 Å². The second kappa shape index (κ2) is 5.73. The SMILES string of the molecule is Nc1cc(OCCC2CCCO2)ccc1C(=O)O. The minimum Gasteiger partial charge on any atom is -0.493 e. The lowest BCUT2D eigenvalue weighted by atomic mass is 10.1. The summed E-state index contributed by atoms with van der Waals surface area (Å²) < 4.78 is 11.0. The van der Waals surface area contributed by atoms with Crippen LogP contribution in [-0.2, 0) is 4.74 Å². The molecule has 0 bridgehead atoms. The predicted molar refractivity (Wildman–Crippen MR) is 66.9 cm³/mol.